The molecule has 0 saturated heterocycles. The first kappa shape index (κ1) is 11.0. The van der Waals surface area contributed by atoms with Crippen LogP contribution in [0.25, 0.3) is 0 Å². The normalized spacial score (nSPS) is 19.0. The van der Waals surface area contributed by atoms with Gasteiger partial charge in [0.1, 0.15) is 6.61 Å². The Bertz CT molecular complexity index is 533. The van der Waals surface area contributed by atoms with E-state index in [1.54, 1.807) is 4.90 Å². The predicted molar refractivity (Wildman–Crippen MR) is 64.2 cm³/mol. The number of esters is 1. The summed E-state index contributed by atoms with van der Waals surface area (Å²) in [5.74, 6) is -0.202. The molecule has 4 heteroatoms. The van der Waals surface area contributed by atoms with Crippen LogP contribution in [-0.4, -0.2) is 23.4 Å². The summed E-state index contributed by atoms with van der Waals surface area (Å²) in [6.07, 6.45) is 0.902. The zero-order chi connectivity index (χ0) is 12.5. The van der Waals surface area contributed by atoms with Gasteiger partial charge in [0, 0.05) is 6.42 Å². The van der Waals surface area contributed by atoms with Crippen LogP contribution in [0, 0.1) is 0 Å². The average molecular weight is 243 g/mol. The number of benzene rings is 1. The second-order valence-corrected chi connectivity index (χ2v) is 4.47. The Morgan fingerprint density at radius 1 is 1.11 bits per heavy atom. The summed E-state index contributed by atoms with van der Waals surface area (Å²) in [5.41, 5.74) is 2.48. The molecule has 0 N–H and O–H groups in total. The standard InChI is InChI=1S/C14H13NO3/c16-13-7-6-11-12(9-18-14(11)17)15(13)8-10-4-2-1-3-5-10/h1-5H,6-9H2. The third kappa shape index (κ3) is 1.79. The highest BCUT2D eigenvalue weighted by Crippen LogP contribution is 2.30. The molecule has 1 amide bonds. The molecule has 0 unspecified atom stereocenters. The summed E-state index contributed by atoms with van der Waals surface area (Å²) in [5, 5.41) is 0. The van der Waals surface area contributed by atoms with Gasteiger partial charge in [0.25, 0.3) is 0 Å². The molecule has 0 bridgehead atoms. The lowest BCUT2D eigenvalue weighted by Gasteiger charge is -2.27. The zero-order valence-electron chi connectivity index (χ0n) is 9.89. The molecule has 2 aliphatic heterocycles. The van der Waals surface area contributed by atoms with Gasteiger partial charge in [-0.15, -0.1) is 0 Å². The van der Waals surface area contributed by atoms with E-state index in [2.05, 4.69) is 0 Å². The van der Waals surface area contributed by atoms with Crippen LogP contribution < -0.4 is 0 Å². The van der Waals surface area contributed by atoms with Crippen LogP contribution in [-0.2, 0) is 20.9 Å². The van der Waals surface area contributed by atoms with Gasteiger partial charge in [-0.3, -0.25) is 4.79 Å². The molecule has 0 aliphatic carbocycles. The largest absolute Gasteiger partial charge is 0.456 e. The van der Waals surface area contributed by atoms with E-state index in [-0.39, 0.29) is 18.5 Å². The Morgan fingerprint density at radius 3 is 2.67 bits per heavy atom. The van der Waals surface area contributed by atoms with Crippen molar-refractivity contribution in [3.8, 4) is 0 Å². The van der Waals surface area contributed by atoms with Crippen molar-refractivity contribution in [2.45, 2.75) is 19.4 Å². The minimum atomic E-state index is -0.268. The molecule has 0 atom stereocenters. The Labute approximate surface area is 105 Å². The van der Waals surface area contributed by atoms with Crippen LogP contribution in [0.2, 0.25) is 0 Å². The van der Waals surface area contributed by atoms with Crippen molar-refractivity contribution >= 4 is 11.9 Å². The maximum atomic E-state index is 12.0. The van der Waals surface area contributed by atoms with Gasteiger partial charge in [-0.1, -0.05) is 30.3 Å². The summed E-state index contributed by atoms with van der Waals surface area (Å²) in [6.45, 7) is 0.738. The van der Waals surface area contributed by atoms with Crippen molar-refractivity contribution in [3.05, 3.63) is 47.2 Å². The van der Waals surface area contributed by atoms with Crippen LogP contribution in [0.1, 0.15) is 18.4 Å². The monoisotopic (exact) mass is 243 g/mol. The lowest BCUT2D eigenvalue weighted by molar-refractivity contribution is -0.136. The zero-order valence-corrected chi connectivity index (χ0v) is 9.89. The van der Waals surface area contributed by atoms with Gasteiger partial charge >= 0.3 is 5.97 Å². The molecule has 92 valence electrons. The topological polar surface area (TPSA) is 46.6 Å². The third-order valence-corrected chi connectivity index (χ3v) is 3.33. The minimum Gasteiger partial charge on any atom is -0.456 e. The number of amides is 1. The lowest BCUT2D eigenvalue weighted by Crippen LogP contribution is -2.34. The van der Waals surface area contributed by atoms with E-state index < -0.39 is 0 Å². The van der Waals surface area contributed by atoms with Gasteiger partial charge in [0.15, 0.2) is 0 Å². The van der Waals surface area contributed by atoms with E-state index in [0.717, 1.165) is 11.3 Å². The van der Waals surface area contributed by atoms with Crippen molar-refractivity contribution in [3.63, 3.8) is 0 Å². The lowest BCUT2D eigenvalue weighted by atomic mass is 10.0. The molecule has 1 aromatic rings. The van der Waals surface area contributed by atoms with Crippen molar-refractivity contribution < 1.29 is 14.3 Å². The molecule has 3 rings (SSSR count). The van der Waals surface area contributed by atoms with Gasteiger partial charge in [0.05, 0.1) is 17.8 Å². The Kier molecular flexibility index (Phi) is 2.63. The van der Waals surface area contributed by atoms with E-state index in [1.165, 1.54) is 0 Å². The number of hydrogen-bond acceptors (Lipinski definition) is 3. The highest BCUT2D eigenvalue weighted by Gasteiger charge is 2.35. The molecule has 0 saturated carbocycles. The number of ether oxygens (including phenoxy) is 1. The van der Waals surface area contributed by atoms with Gasteiger partial charge < -0.3 is 9.64 Å². The number of carbonyl (C=O) groups is 2. The quantitative estimate of drug-likeness (QED) is 0.741. The molecule has 0 aromatic heterocycles. The molecule has 2 heterocycles. The highest BCUT2D eigenvalue weighted by atomic mass is 16.5. The summed E-state index contributed by atoms with van der Waals surface area (Å²) in [6, 6.07) is 9.76. The molecule has 2 aliphatic rings. The molecule has 1 aromatic carbocycles. The molecule has 0 radical (unpaired) electrons. The molecular weight excluding hydrogens is 230 g/mol. The van der Waals surface area contributed by atoms with Crippen molar-refractivity contribution in [2.24, 2.45) is 0 Å². The molecule has 0 spiro atoms. The first-order valence-electron chi connectivity index (χ1n) is 5.99. The van der Waals surface area contributed by atoms with Gasteiger partial charge in [0.2, 0.25) is 5.91 Å². The van der Waals surface area contributed by atoms with Crippen LogP contribution in [0.15, 0.2) is 41.6 Å². The van der Waals surface area contributed by atoms with Gasteiger partial charge in [-0.25, -0.2) is 4.79 Å². The SMILES string of the molecule is O=C1OCC2=C1CCC(=O)N2Cc1ccccc1. The summed E-state index contributed by atoms with van der Waals surface area (Å²) < 4.78 is 5.01. The Balaban J connectivity index is 1.90. The van der Waals surface area contributed by atoms with E-state index >= 15 is 0 Å². The number of cyclic esters (lactones) is 1. The van der Waals surface area contributed by atoms with Crippen molar-refractivity contribution in [1.82, 2.24) is 4.90 Å². The Morgan fingerprint density at radius 2 is 1.89 bits per heavy atom. The number of rotatable bonds is 2. The van der Waals surface area contributed by atoms with E-state index in [4.69, 9.17) is 4.74 Å². The predicted octanol–water partition coefficient (Wildman–Crippen LogP) is 1.62. The van der Waals surface area contributed by atoms with E-state index in [0.29, 0.717) is 25.0 Å². The number of carbonyl (C=O) groups excluding carboxylic acids is 2. The maximum absolute atomic E-state index is 12.0. The van der Waals surface area contributed by atoms with Crippen molar-refractivity contribution in [1.29, 1.82) is 0 Å². The van der Waals surface area contributed by atoms with Crippen LogP contribution in [0.3, 0.4) is 0 Å². The summed E-state index contributed by atoms with van der Waals surface area (Å²) in [4.78, 5) is 25.1. The van der Waals surface area contributed by atoms with Gasteiger partial charge in [-0.2, -0.15) is 0 Å². The summed E-state index contributed by atoms with van der Waals surface area (Å²) in [7, 11) is 0. The fraction of sp³-hybridized carbons (Fsp3) is 0.286. The highest BCUT2D eigenvalue weighted by molar-refractivity contribution is 5.95. The second kappa shape index (κ2) is 4.29. The van der Waals surface area contributed by atoms with E-state index in [9.17, 15) is 9.59 Å². The smallest absolute Gasteiger partial charge is 0.336 e. The third-order valence-electron chi connectivity index (χ3n) is 3.33. The first-order chi connectivity index (χ1) is 8.75. The van der Waals surface area contributed by atoms with Gasteiger partial charge in [-0.05, 0) is 12.0 Å². The molecule has 4 nitrogen and oxygen atoms in total. The minimum absolute atomic E-state index is 0.0657. The average Bonchev–Trinajstić information content (AvgIpc) is 2.76. The fourth-order valence-corrected chi connectivity index (χ4v) is 2.38. The summed E-state index contributed by atoms with van der Waals surface area (Å²) >= 11 is 0. The Hall–Kier alpha value is -2.10. The number of nitrogens with zero attached hydrogens (tertiary/aromatic N) is 1. The van der Waals surface area contributed by atoms with Crippen LogP contribution in [0.5, 0.6) is 0 Å². The molecular formula is C14H13NO3. The van der Waals surface area contributed by atoms with Crippen LogP contribution >= 0.6 is 0 Å². The fourth-order valence-electron chi connectivity index (χ4n) is 2.38. The number of hydrogen-bond donors (Lipinski definition) is 0. The molecule has 0 fully saturated rings. The second-order valence-electron chi connectivity index (χ2n) is 4.47. The molecule has 18 heavy (non-hydrogen) atoms. The van der Waals surface area contributed by atoms with Crippen molar-refractivity contribution in [2.75, 3.05) is 6.61 Å². The first-order valence-corrected chi connectivity index (χ1v) is 5.99. The van der Waals surface area contributed by atoms with E-state index in [1.807, 2.05) is 30.3 Å². The maximum Gasteiger partial charge on any atom is 0.336 e. The van der Waals surface area contributed by atoms with Crippen LogP contribution in [0.4, 0.5) is 0 Å².